The third-order valence-electron chi connectivity index (χ3n) is 2.31. The molecule has 0 fully saturated rings. The molecule has 1 rings (SSSR count). The highest BCUT2D eigenvalue weighted by Gasteiger charge is 2.09. The van der Waals surface area contributed by atoms with Crippen LogP contribution in [0.4, 0.5) is 5.69 Å². The number of nitrogens with zero attached hydrogens (tertiary/aromatic N) is 2. The Hall–Kier alpha value is -1.01. The molecule has 0 atom stereocenters. The van der Waals surface area contributed by atoms with Crippen LogP contribution in [0.2, 0.25) is 0 Å². The first-order chi connectivity index (χ1) is 7.08. The average molecular weight is 267 g/mol. The number of anilines is 1. The van der Waals surface area contributed by atoms with E-state index in [0.717, 1.165) is 16.7 Å². The predicted octanol–water partition coefficient (Wildman–Crippen LogP) is 3.56. The van der Waals surface area contributed by atoms with Gasteiger partial charge in [-0.25, -0.2) is 0 Å². The van der Waals surface area contributed by atoms with E-state index in [0.29, 0.717) is 11.6 Å². The highest BCUT2D eigenvalue weighted by Crippen LogP contribution is 2.23. The molecule has 80 valence electrons. The highest BCUT2D eigenvalue weighted by atomic mass is 79.9. The van der Waals surface area contributed by atoms with Crippen LogP contribution >= 0.6 is 15.9 Å². The molecule has 0 unspecified atom stereocenters. The number of nitriles is 1. The van der Waals surface area contributed by atoms with E-state index in [9.17, 15) is 0 Å². The van der Waals surface area contributed by atoms with Crippen molar-refractivity contribution in [1.29, 1.82) is 5.26 Å². The minimum absolute atomic E-state index is 0.441. The van der Waals surface area contributed by atoms with Gasteiger partial charge in [-0.1, -0.05) is 15.9 Å². The van der Waals surface area contributed by atoms with Gasteiger partial charge in [0, 0.05) is 22.7 Å². The normalized spacial score (nSPS) is 10.1. The average Bonchev–Trinajstić information content (AvgIpc) is 2.17. The van der Waals surface area contributed by atoms with Gasteiger partial charge in [0.05, 0.1) is 11.6 Å². The van der Waals surface area contributed by atoms with Gasteiger partial charge in [-0.2, -0.15) is 5.26 Å². The zero-order chi connectivity index (χ0) is 11.4. The van der Waals surface area contributed by atoms with Crippen molar-refractivity contribution in [2.24, 2.45) is 0 Å². The van der Waals surface area contributed by atoms with E-state index in [1.54, 1.807) is 0 Å². The van der Waals surface area contributed by atoms with Crippen LogP contribution in [0, 0.1) is 11.3 Å². The van der Waals surface area contributed by atoms with Crippen molar-refractivity contribution in [1.82, 2.24) is 0 Å². The van der Waals surface area contributed by atoms with Gasteiger partial charge in [-0.05, 0) is 39.0 Å². The fraction of sp³-hybridized carbons (Fsp3) is 0.417. The summed E-state index contributed by atoms with van der Waals surface area (Å²) in [5.41, 5.74) is 1.79. The van der Waals surface area contributed by atoms with Gasteiger partial charge in [-0.15, -0.1) is 0 Å². The molecule has 0 N–H and O–H groups in total. The lowest BCUT2D eigenvalue weighted by molar-refractivity contribution is 0.703. The molecule has 0 saturated carbocycles. The molecule has 0 amide bonds. The monoisotopic (exact) mass is 266 g/mol. The van der Waals surface area contributed by atoms with Crippen molar-refractivity contribution in [3.63, 3.8) is 0 Å². The Morgan fingerprint density at radius 1 is 1.40 bits per heavy atom. The molecule has 0 aromatic heterocycles. The van der Waals surface area contributed by atoms with E-state index in [4.69, 9.17) is 5.26 Å². The second-order valence-electron chi connectivity index (χ2n) is 3.69. The van der Waals surface area contributed by atoms with Gasteiger partial charge in [-0.3, -0.25) is 0 Å². The summed E-state index contributed by atoms with van der Waals surface area (Å²) in [5, 5.41) is 8.89. The van der Waals surface area contributed by atoms with Crippen LogP contribution in [0.15, 0.2) is 22.7 Å². The van der Waals surface area contributed by atoms with Gasteiger partial charge in [0.1, 0.15) is 0 Å². The van der Waals surface area contributed by atoms with E-state index in [1.165, 1.54) is 0 Å². The summed E-state index contributed by atoms with van der Waals surface area (Å²) in [6.45, 7) is 7.36. The third kappa shape index (κ3) is 2.97. The smallest absolute Gasteiger partial charge is 0.0992 e. The van der Waals surface area contributed by atoms with E-state index in [1.807, 2.05) is 18.2 Å². The first-order valence-corrected chi connectivity index (χ1v) is 5.85. The summed E-state index contributed by atoms with van der Waals surface area (Å²) in [6.07, 6.45) is 0. The maximum Gasteiger partial charge on any atom is 0.0992 e. The number of halogens is 1. The first-order valence-electron chi connectivity index (χ1n) is 5.05. The SMILES string of the molecule is CCN(c1cc(Br)cc(C#N)c1)C(C)C. The Morgan fingerprint density at radius 3 is 2.53 bits per heavy atom. The molecule has 15 heavy (non-hydrogen) atoms. The largest absolute Gasteiger partial charge is 0.369 e. The van der Waals surface area contributed by atoms with Gasteiger partial charge < -0.3 is 4.90 Å². The van der Waals surface area contributed by atoms with Crippen LogP contribution in [0.25, 0.3) is 0 Å². The molecular formula is C12H15BrN2. The molecule has 2 nitrogen and oxygen atoms in total. The zero-order valence-corrected chi connectivity index (χ0v) is 10.9. The predicted molar refractivity (Wildman–Crippen MR) is 67.0 cm³/mol. The van der Waals surface area contributed by atoms with Crippen molar-refractivity contribution >= 4 is 21.6 Å². The quantitative estimate of drug-likeness (QED) is 0.837. The standard InChI is InChI=1S/C12H15BrN2/c1-4-15(9(2)3)12-6-10(8-14)5-11(13)7-12/h5-7,9H,4H2,1-3H3. The summed E-state index contributed by atoms with van der Waals surface area (Å²) in [7, 11) is 0. The molecule has 0 radical (unpaired) electrons. The Morgan fingerprint density at radius 2 is 2.07 bits per heavy atom. The van der Waals surface area contributed by atoms with Crippen molar-refractivity contribution in [3.8, 4) is 6.07 Å². The Balaban J connectivity index is 3.13. The van der Waals surface area contributed by atoms with E-state index in [2.05, 4.69) is 47.7 Å². The summed E-state index contributed by atoms with van der Waals surface area (Å²) in [6, 6.07) is 8.41. The molecule has 0 spiro atoms. The van der Waals surface area contributed by atoms with Crippen LogP contribution in [0.5, 0.6) is 0 Å². The fourth-order valence-corrected chi connectivity index (χ4v) is 2.13. The summed E-state index contributed by atoms with van der Waals surface area (Å²) in [5.74, 6) is 0. The molecule has 1 aromatic carbocycles. The van der Waals surface area contributed by atoms with E-state index >= 15 is 0 Å². The van der Waals surface area contributed by atoms with Crippen LogP contribution in [0.3, 0.4) is 0 Å². The van der Waals surface area contributed by atoms with E-state index in [-0.39, 0.29) is 0 Å². The first kappa shape index (κ1) is 12.1. The Labute approximate surface area is 99.6 Å². The van der Waals surface area contributed by atoms with Crippen LogP contribution < -0.4 is 4.90 Å². The van der Waals surface area contributed by atoms with Gasteiger partial charge in [0.15, 0.2) is 0 Å². The fourth-order valence-electron chi connectivity index (χ4n) is 1.65. The lowest BCUT2D eigenvalue weighted by Gasteiger charge is -2.27. The summed E-state index contributed by atoms with van der Waals surface area (Å²) < 4.78 is 0.954. The number of benzene rings is 1. The van der Waals surface area contributed by atoms with Gasteiger partial charge >= 0.3 is 0 Å². The molecule has 0 bridgehead atoms. The van der Waals surface area contributed by atoms with Gasteiger partial charge in [0.25, 0.3) is 0 Å². The number of hydrogen-bond donors (Lipinski definition) is 0. The molecule has 0 aliphatic rings. The zero-order valence-electron chi connectivity index (χ0n) is 9.29. The lowest BCUT2D eigenvalue weighted by Crippen LogP contribution is -2.30. The second kappa shape index (κ2) is 5.18. The van der Waals surface area contributed by atoms with Crippen molar-refractivity contribution in [2.45, 2.75) is 26.8 Å². The molecule has 0 heterocycles. The number of hydrogen-bond acceptors (Lipinski definition) is 2. The lowest BCUT2D eigenvalue weighted by atomic mass is 10.2. The molecule has 3 heteroatoms. The molecule has 0 aliphatic carbocycles. The second-order valence-corrected chi connectivity index (χ2v) is 4.61. The summed E-state index contributed by atoms with van der Waals surface area (Å²) in [4.78, 5) is 2.26. The van der Waals surface area contributed by atoms with Gasteiger partial charge in [0.2, 0.25) is 0 Å². The Bertz CT molecular complexity index is 380. The van der Waals surface area contributed by atoms with Crippen molar-refractivity contribution in [2.75, 3.05) is 11.4 Å². The number of rotatable bonds is 3. The molecule has 0 aliphatic heterocycles. The topological polar surface area (TPSA) is 27.0 Å². The van der Waals surface area contributed by atoms with Crippen LogP contribution in [-0.2, 0) is 0 Å². The van der Waals surface area contributed by atoms with Crippen LogP contribution in [0.1, 0.15) is 26.3 Å². The maximum absolute atomic E-state index is 8.89. The van der Waals surface area contributed by atoms with Crippen molar-refractivity contribution < 1.29 is 0 Å². The molecule has 1 aromatic rings. The van der Waals surface area contributed by atoms with Crippen LogP contribution in [-0.4, -0.2) is 12.6 Å². The Kier molecular flexibility index (Phi) is 4.16. The minimum atomic E-state index is 0.441. The molecular weight excluding hydrogens is 252 g/mol. The highest BCUT2D eigenvalue weighted by molar-refractivity contribution is 9.10. The minimum Gasteiger partial charge on any atom is -0.369 e. The maximum atomic E-state index is 8.89. The van der Waals surface area contributed by atoms with Crippen molar-refractivity contribution in [3.05, 3.63) is 28.2 Å². The summed E-state index contributed by atoms with van der Waals surface area (Å²) >= 11 is 3.42. The molecule has 0 saturated heterocycles. The van der Waals surface area contributed by atoms with E-state index < -0.39 is 0 Å². The third-order valence-corrected chi connectivity index (χ3v) is 2.77.